The molecule has 0 bridgehead atoms. The highest BCUT2D eigenvalue weighted by molar-refractivity contribution is 8.00. The van der Waals surface area contributed by atoms with Crippen LogP contribution < -0.4 is 5.32 Å². The summed E-state index contributed by atoms with van der Waals surface area (Å²) in [7, 11) is 0. The second kappa shape index (κ2) is 9.16. The predicted octanol–water partition coefficient (Wildman–Crippen LogP) is 3.45. The number of anilines is 1. The molecule has 0 saturated heterocycles. The number of thiazole rings is 1. The Bertz CT molecular complexity index is 770. The summed E-state index contributed by atoms with van der Waals surface area (Å²) in [5.74, 6) is -0.392. The van der Waals surface area contributed by atoms with E-state index < -0.39 is 5.91 Å². The van der Waals surface area contributed by atoms with E-state index in [0.29, 0.717) is 15.9 Å². The van der Waals surface area contributed by atoms with Gasteiger partial charge in [-0.2, -0.15) is 0 Å². The maximum Gasteiger partial charge on any atom is 0.280 e. The number of carbonyl (C=O) groups excluding carboxylic acids is 1. The number of thioether (sulfide) groups is 1. The lowest BCUT2D eigenvalue weighted by molar-refractivity contribution is -0.110. The van der Waals surface area contributed by atoms with Crippen LogP contribution in [0.25, 0.3) is 0 Å². The minimum atomic E-state index is -0.392. The molecule has 2 aromatic rings. The highest BCUT2D eigenvalue weighted by Gasteiger charge is 2.20. The van der Waals surface area contributed by atoms with Crippen molar-refractivity contribution in [3.05, 3.63) is 40.9 Å². The molecule has 1 fully saturated rings. The number of hydrogen-bond donors (Lipinski definition) is 2. The first-order valence-electron chi connectivity index (χ1n) is 8.47. The lowest BCUT2D eigenvalue weighted by Crippen LogP contribution is -2.24. The molecule has 1 heterocycles. The van der Waals surface area contributed by atoms with Crippen molar-refractivity contribution < 1.29 is 14.7 Å². The zero-order valence-corrected chi connectivity index (χ0v) is 16.1. The fraction of sp³-hybridized carbons (Fsp3) is 0.389. The third kappa shape index (κ3) is 5.06. The molecule has 0 radical (unpaired) electrons. The average Bonchev–Trinajstić information content (AvgIpc) is 3.00. The molecule has 1 amide bonds. The number of amides is 1. The number of aliphatic hydroxyl groups is 1. The molecular formula is C18H21N3O3S2. The van der Waals surface area contributed by atoms with E-state index in [9.17, 15) is 4.79 Å². The fourth-order valence-corrected chi connectivity index (χ4v) is 4.22. The second-order valence-corrected chi connectivity index (χ2v) is 8.53. The van der Waals surface area contributed by atoms with Crippen LogP contribution in [0.3, 0.4) is 0 Å². The van der Waals surface area contributed by atoms with Gasteiger partial charge >= 0.3 is 0 Å². The minimum Gasteiger partial charge on any atom is -0.393 e. The van der Waals surface area contributed by atoms with E-state index >= 15 is 0 Å². The molecule has 0 spiro atoms. The van der Waals surface area contributed by atoms with Crippen molar-refractivity contribution >= 4 is 39.8 Å². The summed E-state index contributed by atoms with van der Waals surface area (Å²) in [6.07, 6.45) is 5.55. The Hall–Kier alpha value is -1.90. The average molecular weight is 392 g/mol. The van der Waals surface area contributed by atoms with Crippen molar-refractivity contribution in [3.8, 4) is 0 Å². The zero-order chi connectivity index (χ0) is 18.4. The van der Waals surface area contributed by atoms with Gasteiger partial charge in [-0.15, -0.1) is 23.1 Å². The molecule has 1 saturated carbocycles. The summed E-state index contributed by atoms with van der Waals surface area (Å²) in [6, 6.07) is 7.74. The number of nitrogens with one attached hydrogen (secondary N) is 1. The van der Waals surface area contributed by atoms with Gasteiger partial charge in [0.2, 0.25) is 0 Å². The summed E-state index contributed by atoms with van der Waals surface area (Å²) in [6.45, 7) is 1.79. The van der Waals surface area contributed by atoms with Crippen molar-refractivity contribution in [2.75, 3.05) is 18.5 Å². The quantitative estimate of drug-likeness (QED) is 0.409. The van der Waals surface area contributed by atoms with Crippen LogP contribution in [0.15, 0.2) is 40.5 Å². The van der Waals surface area contributed by atoms with Crippen molar-refractivity contribution in [2.45, 2.75) is 36.3 Å². The number of carbonyl (C=O) groups is 1. The van der Waals surface area contributed by atoms with Gasteiger partial charge in [0.05, 0.1) is 6.61 Å². The molecule has 138 valence electrons. The normalized spacial score (nSPS) is 14.8. The van der Waals surface area contributed by atoms with Gasteiger partial charge in [0.1, 0.15) is 6.61 Å². The van der Waals surface area contributed by atoms with Crippen LogP contribution in [-0.4, -0.2) is 40.2 Å². The molecule has 1 aliphatic rings. The number of oxime groups is 1. The Morgan fingerprint density at radius 2 is 2.19 bits per heavy atom. The number of aromatic nitrogens is 1. The first-order valence-corrected chi connectivity index (χ1v) is 10.2. The molecular weight excluding hydrogens is 370 g/mol. The Labute approximate surface area is 160 Å². The van der Waals surface area contributed by atoms with Crippen molar-refractivity contribution in [3.63, 3.8) is 0 Å². The number of aliphatic hydroxyl groups excluding tert-OH is 1. The molecule has 1 aromatic heterocycles. The van der Waals surface area contributed by atoms with Crippen LogP contribution >= 0.6 is 23.1 Å². The molecule has 0 aliphatic heterocycles. The number of benzene rings is 1. The summed E-state index contributed by atoms with van der Waals surface area (Å²) >= 11 is 3.27. The zero-order valence-electron chi connectivity index (χ0n) is 14.5. The Morgan fingerprint density at radius 1 is 1.42 bits per heavy atom. The fourth-order valence-electron chi connectivity index (χ4n) is 2.32. The molecule has 6 nitrogen and oxygen atoms in total. The monoisotopic (exact) mass is 391 g/mol. The van der Waals surface area contributed by atoms with Crippen LogP contribution in [0.4, 0.5) is 5.13 Å². The third-order valence-corrected chi connectivity index (χ3v) is 6.06. The predicted molar refractivity (Wildman–Crippen MR) is 105 cm³/mol. The number of nitrogens with zero attached hydrogens (tertiary/aromatic N) is 2. The van der Waals surface area contributed by atoms with Crippen LogP contribution in [-0.2, 0) is 9.63 Å². The summed E-state index contributed by atoms with van der Waals surface area (Å²) in [5.41, 5.74) is 0.818. The lowest BCUT2D eigenvalue weighted by Gasteiger charge is -2.24. The molecule has 8 heteroatoms. The van der Waals surface area contributed by atoms with Gasteiger partial charge in [-0.3, -0.25) is 10.1 Å². The van der Waals surface area contributed by atoms with E-state index in [1.807, 2.05) is 43.0 Å². The first kappa shape index (κ1) is 18.9. The summed E-state index contributed by atoms with van der Waals surface area (Å²) in [4.78, 5) is 24.0. The minimum absolute atomic E-state index is 0.0305. The Balaban J connectivity index is 1.73. The number of rotatable bonds is 8. The molecule has 0 unspecified atom stereocenters. The SMILES string of the molecule is Cc1cnc(NC(=O)/C(=N/OCCO)c2ccc(SC3CCC3)cc2)s1. The van der Waals surface area contributed by atoms with Gasteiger partial charge in [0.25, 0.3) is 5.91 Å². The topological polar surface area (TPSA) is 83.8 Å². The van der Waals surface area contributed by atoms with Gasteiger partial charge in [0, 0.05) is 26.8 Å². The largest absolute Gasteiger partial charge is 0.393 e. The number of hydrogen-bond acceptors (Lipinski definition) is 7. The third-order valence-electron chi connectivity index (χ3n) is 3.88. The molecule has 1 aliphatic carbocycles. The maximum atomic E-state index is 12.6. The first-order chi connectivity index (χ1) is 12.7. The van der Waals surface area contributed by atoms with Crippen LogP contribution in [0.2, 0.25) is 0 Å². The molecule has 1 aromatic carbocycles. The second-order valence-electron chi connectivity index (χ2n) is 5.92. The molecule has 3 rings (SSSR count). The van der Waals surface area contributed by atoms with Crippen LogP contribution in [0.1, 0.15) is 29.7 Å². The van der Waals surface area contributed by atoms with Crippen molar-refractivity contribution in [2.24, 2.45) is 5.16 Å². The number of aryl methyl sites for hydroxylation is 1. The lowest BCUT2D eigenvalue weighted by atomic mass is 10.00. The van der Waals surface area contributed by atoms with Gasteiger partial charge in [-0.05, 0) is 31.9 Å². The van der Waals surface area contributed by atoms with Crippen molar-refractivity contribution in [1.82, 2.24) is 4.98 Å². The van der Waals surface area contributed by atoms with E-state index in [1.54, 1.807) is 6.20 Å². The molecule has 2 N–H and O–H groups in total. The standard InChI is InChI=1S/C18H21N3O3S2/c1-12-11-19-18(25-12)20-17(23)16(21-24-10-9-22)13-5-7-15(8-6-13)26-14-3-2-4-14/h5-8,11,14,22H,2-4,9-10H2,1H3,(H,19,20,23)/b21-16+. The highest BCUT2D eigenvalue weighted by Crippen LogP contribution is 2.36. The highest BCUT2D eigenvalue weighted by atomic mass is 32.2. The van der Waals surface area contributed by atoms with Crippen LogP contribution in [0.5, 0.6) is 0 Å². The Morgan fingerprint density at radius 3 is 2.77 bits per heavy atom. The molecule has 26 heavy (non-hydrogen) atoms. The van der Waals surface area contributed by atoms with E-state index in [0.717, 1.165) is 4.88 Å². The van der Waals surface area contributed by atoms with E-state index in [1.165, 1.54) is 35.5 Å². The molecule has 0 atom stereocenters. The van der Waals surface area contributed by atoms with E-state index in [-0.39, 0.29) is 18.9 Å². The van der Waals surface area contributed by atoms with Crippen molar-refractivity contribution in [1.29, 1.82) is 0 Å². The van der Waals surface area contributed by atoms with Crippen LogP contribution in [0, 0.1) is 6.92 Å². The van der Waals surface area contributed by atoms with Gasteiger partial charge in [-0.1, -0.05) is 23.7 Å². The maximum absolute atomic E-state index is 12.6. The van der Waals surface area contributed by atoms with E-state index in [2.05, 4.69) is 15.5 Å². The van der Waals surface area contributed by atoms with Gasteiger partial charge in [-0.25, -0.2) is 4.98 Å². The summed E-state index contributed by atoms with van der Waals surface area (Å²) < 4.78 is 0. The Kier molecular flexibility index (Phi) is 6.65. The van der Waals surface area contributed by atoms with Gasteiger partial charge < -0.3 is 9.94 Å². The summed E-state index contributed by atoms with van der Waals surface area (Å²) in [5, 5.41) is 16.8. The van der Waals surface area contributed by atoms with Gasteiger partial charge in [0.15, 0.2) is 10.8 Å². The van der Waals surface area contributed by atoms with E-state index in [4.69, 9.17) is 9.94 Å². The smallest absolute Gasteiger partial charge is 0.280 e.